The lowest BCUT2D eigenvalue weighted by Crippen LogP contribution is -2.09. The lowest BCUT2D eigenvalue weighted by atomic mass is 10.0. The van der Waals surface area contributed by atoms with Gasteiger partial charge in [0.15, 0.2) is 0 Å². The molecule has 0 atom stereocenters. The summed E-state index contributed by atoms with van der Waals surface area (Å²) in [6, 6.07) is 8.68. The van der Waals surface area contributed by atoms with Gasteiger partial charge < -0.3 is 5.32 Å². The maximum absolute atomic E-state index is 3.82. The van der Waals surface area contributed by atoms with Gasteiger partial charge in [-0.2, -0.15) is 0 Å². The minimum absolute atomic E-state index is 0.597. The summed E-state index contributed by atoms with van der Waals surface area (Å²) in [6.07, 6.45) is 0. The average molecular weight is 189 g/mol. The quantitative estimate of drug-likeness (QED) is 0.765. The first-order valence-corrected chi connectivity index (χ1v) is 5.08. The van der Waals surface area contributed by atoms with Gasteiger partial charge in [0, 0.05) is 12.2 Å². The minimum Gasteiger partial charge on any atom is -0.385 e. The third-order valence-corrected chi connectivity index (χ3v) is 2.21. The van der Waals surface area contributed by atoms with Crippen LogP contribution in [0.1, 0.15) is 37.8 Å². The molecule has 1 aromatic carbocycles. The van der Waals surface area contributed by atoms with Crippen LogP contribution in [-0.4, -0.2) is 0 Å². The van der Waals surface area contributed by atoms with Crippen molar-refractivity contribution in [2.45, 2.75) is 33.2 Å². The number of rotatable bonds is 4. The van der Waals surface area contributed by atoms with Crippen LogP contribution in [0.25, 0.3) is 0 Å². The van der Waals surface area contributed by atoms with Crippen molar-refractivity contribution in [3.63, 3.8) is 0 Å². The molecule has 0 unspecified atom stereocenters. The molecule has 0 bridgehead atoms. The highest BCUT2D eigenvalue weighted by Gasteiger charge is 1.99. The molecule has 0 saturated carbocycles. The van der Waals surface area contributed by atoms with E-state index in [2.05, 4.69) is 50.0 Å². The Morgan fingerprint density at radius 3 is 2.71 bits per heavy atom. The fourth-order valence-corrected chi connectivity index (χ4v) is 1.32. The lowest BCUT2D eigenvalue weighted by molar-refractivity contribution is 0.806. The number of hydrogen-bond donors (Lipinski definition) is 1. The molecule has 1 aromatic rings. The summed E-state index contributed by atoms with van der Waals surface area (Å²) in [6.45, 7) is 11.1. The predicted octanol–water partition coefficient (Wildman–Crippen LogP) is 3.43. The fraction of sp³-hybridized carbons (Fsp3) is 0.385. The van der Waals surface area contributed by atoms with Gasteiger partial charge >= 0.3 is 0 Å². The van der Waals surface area contributed by atoms with E-state index in [1.165, 1.54) is 11.1 Å². The van der Waals surface area contributed by atoms with E-state index in [1.54, 1.807) is 0 Å². The van der Waals surface area contributed by atoms with Crippen molar-refractivity contribution in [1.29, 1.82) is 0 Å². The number of benzene rings is 1. The minimum atomic E-state index is 0.597. The van der Waals surface area contributed by atoms with Gasteiger partial charge in [-0.15, -0.1) is 0 Å². The summed E-state index contributed by atoms with van der Waals surface area (Å²) in [4.78, 5) is 0. The molecular formula is C13H19N. The van der Waals surface area contributed by atoms with E-state index >= 15 is 0 Å². The molecule has 0 aromatic heterocycles. The predicted molar refractivity (Wildman–Crippen MR) is 62.2 cm³/mol. The molecule has 0 aliphatic carbocycles. The van der Waals surface area contributed by atoms with Crippen molar-refractivity contribution in [3.05, 3.63) is 47.7 Å². The Labute approximate surface area is 86.8 Å². The Morgan fingerprint density at radius 2 is 2.14 bits per heavy atom. The van der Waals surface area contributed by atoms with Crippen molar-refractivity contribution < 1.29 is 0 Å². The summed E-state index contributed by atoms with van der Waals surface area (Å²) in [5.41, 5.74) is 3.73. The van der Waals surface area contributed by atoms with E-state index in [4.69, 9.17) is 0 Å². The highest BCUT2D eigenvalue weighted by Crippen LogP contribution is 2.15. The average Bonchev–Trinajstić information content (AvgIpc) is 2.15. The van der Waals surface area contributed by atoms with Crippen molar-refractivity contribution in [1.82, 2.24) is 5.32 Å². The van der Waals surface area contributed by atoms with Gasteiger partial charge in [-0.1, -0.05) is 44.7 Å². The van der Waals surface area contributed by atoms with E-state index in [-0.39, 0.29) is 0 Å². The van der Waals surface area contributed by atoms with E-state index in [1.807, 2.05) is 6.92 Å². The van der Waals surface area contributed by atoms with Crippen LogP contribution in [0.3, 0.4) is 0 Å². The molecule has 1 nitrogen and oxygen atoms in total. The molecule has 0 saturated heterocycles. The Morgan fingerprint density at radius 1 is 1.43 bits per heavy atom. The van der Waals surface area contributed by atoms with Gasteiger partial charge in [-0.05, 0) is 24.0 Å². The molecule has 0 aliphatic rings. The van der Waals surface area contributed by atoms with Crippen molar-refractivity contribution in [2.75, 3.05) is 0 Å². The van der Waals surface area contributed by atoms with Crippen LogP contribution in [-0.2, 0) is 6.54 Å². The second-order valence-electron chi connectivity index (χ2n) is 4.03. The molecule has 14 heavy (non-hydrogen) atoms. The molecule has 0 amide bonds. The fourth-order valence-electron chi connectivity index (χ4n) is 1.32. The standard InChI is InChI=1S/C13H19N/c1-10(2)13-7-5-6-12(8-13)9-14-11(3)4/h5-8,10,14H,3,9H2,1-2,4H3. The topological polar surface area (TPSA) is 12.0 Å². The second kappa shape index (κ2) is 4.85. The maximum atomic E-state index is 3.82. The monoisotopic (exact) mass is 189 g/mol. The summed E-state index contributed by atoms with van der Waals surface area (Å²) in [5, 5.41) is 3.23. The van der Waals surface area contributed by atoms with E-state index in [0.717, 1.165) is 12.2 Å². The highest BCUT2D eigenvalue weighted by molar-refractivity contribution is 5.25. The second-order valence-corrected chi connectivity index (χ2v) is 4.03. The highest BCUT2D eigenvalue weighted by atomic mass is 14.9. The molecule has 0 spiro atoms. The van der Waals surface area contributed by atoms with Crippen LogP contribution < -0.4 is 5.32 Å². The van der Waals surface area contributed by atoms with Crippen LogP contribution in [0.15, 0.2) is 36.5 Å². The third kappa shape index (κ3) is 3.25. The van der Waals surface area contributed by atoms with Gasteiger partial charge in [-0.3, -0.25) is 0 Å². The summed E-state index contributed by atoms with van der Waals surface area (Å²) < 4.78 is 0. The summed E-state index contributed by atoms with van der Waals surface area (Å²) >= 11 is 0. The molecule has 0 fully saturated rings. The molecule has 1 rings (SSSR count). The number of nitrogens with one attached hydrogen (secondary N) is 1. The van der Waals surface area contributed by atoms with Gasteiger partial charge in [0.2, 0.25) is 0 Å². The zero-order chi connectivity index (χ0) is 10.6. The molecule has 0 radical (unpaired) electrons. The Bertz CT molecular complexity index is 313. The Hall–Kier alpha value is -1.24. The molecule has 1 heteroatoms. The molecule has 0 aliphatic heterocycles. The number of allylic oxidation sites excluding steroid dienone is 1. The largest absolute Gasteiger partial charge is 0.385 e. The maximum Gasteiger partial charge on any atom is 0.0397 e. The van der Waals surface area contributed by atoms with E-state index < -0.39 is 0 Å². The lowest BCUT2D eigenvalue weighted by Gasteiger charge is -2.09. The normalized spacial score (nSPS) is 10.3. The van der Waals surface area contributed by atoms with Crippen LogP contribution in [0.2, 0.25) is 0 Å². The number of hydrogen-bond acceptors (Lipinski definition) is 1. The molecule has 76 valence electrons. The van der Waals surface area contributed by atoms with Crippen LogP contribution in [0.5, 0.6) is 0 Å². The van der Waals surface area contributed by atoms with Crippen LogP contribution in [0.4, 0.5) is 0 Å². The SMILES string of the molecule is C=C(C)NCc1cccc(C(C)C)c1. The van der Waals surface area contributed by atoms with Gasteiger partial charge in [0.25, 0.3) is 0 Å². The van der Waals surface area contributed by atoms with Crippen molar-refractivity contribution in [2.24, 2.45) is 0 Å². The summed E-state index contributed by atoms with van der Waals surface area (Å²) in [5.74, 6) is 0.597. The first-order chi connectivity index (χ1) is 6.59. The van der Waals surface area contributed by atoms with Gasteiger partial charge in [0.1, 0.15) is 0 Å². The molecule has 1 N–H and O–H groups in total. The van der Waals surface area contributed by atoms with Crippen LogP contribution >= 0.6 is 0 Å². The molecule has 0 heterocycles. The zero-order valence-electron chi connectivity index (χ0n) is 9.30. The Balaban J connectivity index is 2.68. The van der Waals surface area contributed by atoms with Crippen LogP contribution in [0, 0.1) is 0 Å². The Kier molecular flexibility index (Phi) is 3.75. The first kappa shape index (κ1) is 10.8. The van der Waals surface area contributed by atoms with Gasteiger partial charge in [0.05, 0.1) is 0 Å². The molecular weight excluding hydrogens is 170 g/mol. The smallest absolute Gasteiger partial charge is 0.0397 e. The zero-order valence-corrected chi connectivity index (χ0v) is 9.30. The third-order valence-electron chi connectivity index (χ3n) is 2.21. The van der Waals surface area contributed by atoms with Crippen molar-refractivity contribution in [3.8, 4) is 0 Å². The van der Waals surface area contributed by atoms with Gasteiger partial charge in [-0.25, -0.2) is 0 Å². The van der Waals surface area contributed by atoms with E-state index in [9.17, 15) is 0 Å². The van der Waals surface area contributed by atoms with Crippen molar-refractivity contribution >= 4 is 0 Å². The summed E-state index contributed by atoms with van der Waals surface area (Å²) in [7, 11) is 0. The van der Waals surface area contributed by atoms with E-state index in [0.29, 0.717) is 5.92 Å². The first-order valence-electron chi connectivity index (χ1n) is 5.08.